The SMILES string of the molecule is Cl.O=C(C1CNC1)N(C1CC1)C1CCc2ccccc21. The third-order valence-corrected chi connectivity index (χ3v) is 4.76. The van der Waals surface area contributed by atoms with E-state index in [2.05, 4.69) is 34.5 Å². The quantitative estimate of drug-likeness (QED) is 0.927. The molecule has 20 heavy (non-hydrogen) atoms. The Morgan fingerprint density at radius 2 is 1.90 bits per heavy atom. The van der Waals surface area contributed by atoms with Crippen molar-refractivity contribution in [1.82, 2.24) is 10.2 Å². The summed E-state index contributed by atoms with van der Waals surface area (Å²) in [6.07, 6.45) is 4.64. The molecule has 1 saturated heterocycles. The number of hydrogen-bond acceptors (Lipinski definition) is 2. The number of carbonyl (C=O) groups excluding carboxylic acids is 1. The van der Waals surface area contributed by atoms with Gasteiger partial charge in [-0.2, -0.15) is 0 Å². The van der Waals surface area contributed by atoms with Crippen LogP contribution in [0.2, 0.25) is 0 Å². The van der Waals surface area contributed by atoms with Gasteiger partial charge < -0.3 is 10.2 Å². The lowest BCUT2D eigenvalue weighted by molar-refractivity contribution is -0.140. The summed E-state index contributed by atoms with van der Waals surface area (Å²) in [5.41, 5.74) is 2.84. The van der Waals surface area contributed by atoms with Gasteiger partial charge in [0.25, 0.3) is 0 Å². The van der Waals surface area contributed by atoms with E-state index in [0.29, 0.717) is 18.0 Å². The fourth-order valence-corrected chi connectivity index (χ4v) is 3.44. The number of fused-ring (bicyclic) bond motifs is 1. The van der Waals surface area contributed by atoms with Crippen LogP contribution in [0, 0.1) is 5.92 Å². The Bertz CT molecular complexity index is 511. The molecule has 3 aliphatic rings. The highest BCUT2D eigenvalue weighted by atomic mass is 35.5. The molecule has 4 rings (SSSR count). The summed E-state index contributed by atoms with van der Waals surface area (Å²) in [7, 11) is 0. The van der Waals surface area contributed by atoms with Crippen LogP contribution in [-0.2, 0) is 11.2 Å². The van der Waals surface area contributed by atoms with Gasteiger partial charge in [-0.3, -0.25) is 4.79 Å². The van der Waals surface area contributed by atoms with Crippen molar-refractivity contribution >= 4 is 18.3 Å². The number of benzene rings is 1. The predicted molar refractivity (Wildman–Crippen MR) is 81.0 cm³/mol. The molecule has 2 aliphatic carbocycles. The first-order chi connectivity index (χ1) is 9.34. The Kier molecular flexibility index (Phi) is 3.74. The second-order valence-corrected chi connectivity index (χ2v) is 6.09. The van der Waals surface area contributed by atoms with Crippen molar-refractivity contribution in [1.29, 1.82) is 0 Å². The summed E-state index contributed by atoms with van der Waals surface area (Å²) in [6.45, 7) is 1.74. The van der Waals surface area contributed by atoms with Gasteiger partial charge in [-0.15, -0.1) is 12.4 Å². The van der Waals surface area contributed by atoms with Crippen molar-refractivity contribution in [3.05, 3.63) is 35.4 Å². The summed E-state index contributed by atoms with van der Waals surface area (Å²) >= 11 is 0. The zero-order valence-electron chi connectivity index (χ0n) is 11.5. The largest absolute Gasteiger partial charge is 0.332 e. The zero-order valence-corrected chi connectivity index (χ0v) is 12.4. The Balaban J connectivity index is 0.00000121. The minimum atomic E-state index is 0. The third kappa shape index (κ3) is 2.23. The molecule has 2 fully saturated rings. The number of rotatable bonds is 3. The molecule has 1 saturated carbocycles. The van der Waals surface area contributed by atoms with E-state index in [-0.39, 0.29) is 18.3 Å². The van der Waals surface area contributed by atoms with Crippen LogP contribution < -0.4 is 5.32 Å². The van der Waals surface area contributed by atoms with Gasteiger partial charge in [0.15, 0.2) is 0 Å². The third-order valence-electron chi connectivity index (χ3n) is 4.76. The number of nitrogens with zero attached hydrogens (tertiary/aromatic N) is 1. The first-order valence-corrected chi connectivity index (χ1v) is 7.45. The lowest BCUT2D eigenvalue weighted by Crippen LogP contribution is -2.53. The summed E-state index contributed by atoms with van der Waals surface area (Å²) in [4.78, 5) is 14.9. The minimum Gasteiger partial charge on any atom is -0.332 e. The average Bonchev–Trinajstić information content (AvgIpc) is 3.09. The fraction of sp³-hybridized carbons (Fsp3) is 0.562. The molecule has 0 spiro atoms. The van der Waals surface area contributed by atoms with Crippen molar-refractivity contribution in [3.8, 4) is 0 Å². The summed E-state index contributed by atoms with van der Waals surface area (Å²) in [5, 5.41) is 3.22. The highest BCUT2D eigenvalue weighted by Crippen LogP contribution is 2.42. The van der Waals surface area contributed by atoms with Crippen molar-refractivity contribution in [2.24, 2.45) is 5.92 Å². The van der Waals surface area contributed by atoms with Gasteiger partial charge in [0.2, 0.25) is 5.91 Å². The maximum atomic E-state index is 12.7. The first kappa shape index (κ1) is 13.9. The van der Waals surface area contributed by atoms with Crippen LogP contribution in [-0.4, -0.2) is 29.9 Å². The minimum absolute atomic E-state index is 0. The van der Waals surface area contributed by atoms with Crippen LogP contribution in [0.4, 0.5) is 0 Å². The first-order valence-electron chi connectivity index (χ1n) is 7.45. The van der Waals surface area contributed by atoms with Crippen LogP contribution in [0.15, 0.2) is 24.3 Å². The monoisotopic (exact) mass is 292 g/mol. The van der Waals surface area contributed by atoms with Gasteiger partial charge in [0.05, 0.1) is 12.0 Å². The standard InChI is InChI=1S/C16H20N2O.ClH/c19-16(12-9-17-10-12)18(13-6-7-13)15-8-5-11-3-1-2-4-14(11)15;/h1-4,12-13,15,17H,5-10H2;1H. The lowest BCUT2D eigenvalue weighted by Gasteiger charge is -2.36. The average molecular weight is 293 g/mol. The molecular weight excluding hydrogens is 272 g/mol. The van der Waals surface area contributed by atoms with Gasteiger partial charge in [0, 0.05) is 19.1 Å². The number of halogens is 1. The summed E-state index contributed by atoms with van der Waals surface area (Å²) in [6, 6.07) is 9.52. The molecule has 1 unspecified atom stereocenters. The van der Waals surface area contributed by atoms with Crippen LogP contribution >= 0.6 is 12.4 Å². The smallest absolute Gasteiger partial charge is 0.229 e. The zero-order chi connectivity index (χ0) is 12.8. The highest BCUT2D eigenvalue weighted by molar-refractivity contribution is 5.85. The number of carbonyl (C=O) groups is 1. The molecule has 1 heterocycles. The molecular formula is C16H21ClN2O. The molecule has 1 aliphatic heterocycles. The van der Waals surface area contributed by atoms with Gasteiger partial charge >= 0.3 is 0 Å². The molecule has 1 atom stereocenters. The molecule has 1 amide bonds. The lowest BCUT2D eigenvalue weighted by atomic mass is 9.99. The maximum absolute atomic E-state index is 12.7. The Morgan fingerprint density at radius 1 is 1.15 bits per heavy atom. The van der Waals surface area contributed by atoms with E-state index < -0.39 is 0 Å². The van der Waals surface area contributed by atoms with E-state index in [1.54, 1.807) is 0 Å². The van der Waals surface area contributed by atoms with Crippen molar-refractivity contribution in [2.75, 3.05) is 13.1 Å². The van der Waals surface area contributed by atoms with Crippen LogP contribution in [0.25, 0.3) is 0 Å². The van der Waals surface area contributed by atoms with Crippen molar-refractivity contribution in [2.45, 2.75) is 37.8 Å². The molecule has 0 bridgehead atoms. The molecule has 0 aromatic heterocycles. The Labute approximate surface area is 126 Å². The molecule has 3 nitrogen and oxygen atoms in total. The fourth-order valence-electron chi connectivity index (χ4n) is 3.44. The normalized spacial score (nSPS) is 24.5. The number of nitrogens with one attached hydrogen (secondary N) is 1. The number of amides is 1. The van der Waals surface area contributed by atoms with E-state index >= 15 is 0 Å². The summed E-state index contributed by atoms with van der Waals surface area (Å²) < 4.78 is 0. The summed E-state index contributed by atoms with van der Waals surface area (Å²) in [5.74, 6) is 0.622. The second kappa shape index (κ2) is 5.38. The van der Waals surface area contributed by atoms with E-state index in [9.17, 15) is 4.79 Å². The van der Waals surface area contributed by atoms with E-state index in [1.165, 1.54) is 24.0 Å². The maximum Gasteiger partial charge on any atom is 0.229 e. The van der Waals surface area contributed by atoms with Gasteiger partial charge in [-0.25, -0.2) is 0 Å². The van der Waals surface area contributed by atoms with Crippen LogP contribution in [0.1, 0.15) is 36.4 Å². The molecule has 0 radical (unpaired) electrons. The van der Waals surface area contributed by atoms with E-state index in [4.69, 9.17) is 0 Å². The molecule has 1 aromatic carbocycles. The number of hydrogen-bond donors (Lipinski definition) is 1. The van der Waals surface area contributed by atoms with Gasteiger partial charge in [0.1, 0.15) is 0 Å². The number of aryl methyl sites for hydroxylation is 1. The molecule has 108 valence electrons. The van der Waals surface area contributed by atoms with Crippen LogP contribution in [0.5, 0.6) is 0 Å². The van der Waals surface area contributed by atoms with E-state index in [0.717, 1.165) is 25.9 Å². The van der Waals surface area contributed by atoms with E-state index in [1.807, 2.05) is 0 Å². The van der Waals surface area contributed by atoms with Crippen molar-refractivity contribution < 1.29 is 4.79 Å². The van der Waals surface area contributed by atoms with Gasteiger partial charge in [-0.1, -0.05) is 24.3 Å². The molecule has 1 N–H and O–H groups in total. The second-order valence-electron chi connectivity index (χ2n) is 6.09. The van der Waals surface area contributed by atoms with Gasteiger partial charge in [-0.05, 0) is 36.8 Å². The highest BCUT2D eigenvalue weighted by Gasteiger charge is 2.43. The Hall–Kier alpha value is -1.06. The molecule has 4 heteroatoms. The Morgan fingerprint density at radius 3 is 2.55 bits per heavy atom. The molecule has 1 aromatic rings. The van der Waals surface area contributed by atoms with Crippen molar-refractivity contribution in [3.63, 3.8) is 0 Å². The topological polar surface area (TPSA) is 32.3 Å². The van der Waals surface area contributed by atoms with Crippen LogP contribution in [0.3, 0.4) is 0 Å². The predicted octanol–water partition coefficient (Wildman–Crippen LogP) is 2.31.